The molecular weight excluding hydrogens is 244 g/mol. The molecule has 0 bridgehead atoms. The van der Waals surface area contributed by atoms with Crippen molar-refractivity contribution in [2.45, 2.75) is 65.1 Å². The van der Waals surface area contributed by atoms with Gasteiger partial charge < -0.3 is 14.3 Å². The van der Waals surface area contributed by atoms with Crippen LogP contribution in [0, 0.1) is 0 Å². The Labute approximate surface area is 114 Å². The lowest BCUT2D eigenvalue weighted by atomic mass is 10.1. The molecule has 0 spiro atoms. The zero-order valence-corrected chi connectivity index (χ0v) is 12.0. The first-order valence-electron chi connectivity index (χ1n) is 7.03. The summed E-state index contributed by atoms with van der Waals surface area (Å²) in [5.74, 6) is -0.523. The number of carbonyl (C=O) groups is 1. The first-order valence-corrected chi connectivity index (χ1v) is 7.03. The summed E-state index contributed by atoms with van der Waals surface area (Å²) >= 11 is 0. The summed E-state index contributed by atoms with van der Waals surface area (Å²) in [5, 5.41) is 8.79. The smallest absolute Gasteiger partial charge is 0.371 e. The van der Waals surface area contributed by atoms with Crippen LogP contribution >= 0.6 is 0 Å². The second kappa shape index (κ2) is 8.00. The van der Waals surface area contributed by atoms with E-state index in [9.17, 15) is 4.79 Å². The van der Waals surface area contributed by atoms with Gasteiger partial charge in [0.05, 0.1) is 6.10 Å². The van der Waals surface area contributed by atoms with Crippen molar-refractivity contribution in [3.8, 4) is 0 Å². The van der Waals surface area contributed by atoms with Crippen molar-refractivity contribution in [1.82, 2.24) is 0 Å². The number of rotatable bonds is 9. The number of aromatic carboxylic acids is 1. The molecule has 108 valence electrons. The Morgan fingerprint density at radius 1 is 1.32 bits per heavy atom. The van der Waals surface area contributed by atoms with Gasteiger partial charge in [-0.2, -0.15) is 0 Å². The molecule has 0 fully saturated rings. The van der Waals surface area contributed by atoms with Crippen LogP contribution in [0.4, 0.5) is 0 Å². The highest BCUT2D eigenvalue weighted by Crippen LogP contribution is 2.22. The molecule has 4 nitrogen and oxygen atoms in total. The third kappa shape index (κ3) is 5.47. The van der Waals surface area contributed by atoms with Crippen molar-refractivity contribution in [2.24, 2.45) is 0 Å². The molecule has 0 aromatic carbocycles. The fourth-order valence-electron chi connectivity index (χ4n) is 2.03. The lowest BCUT2D eigenvalue weighted by molar-refractivity contribution is -0.00972. The van der Waals surface area contributed by atoms with E-state index in [-0.39, 0.29) is 18.0 Å². The van der Waals surface area contributed by atoms with E-state index < -0.39 is 5.97 Å². The Morgan fingerprint density at radius 3 is 2.63 bits per heavy atom. The molecule has 0 amide bonds. The van der Waals surface area contributed by atoms with Gasteiger partial charge in [-0.05, 0) is 32.4 Å². The van der Waals surface area contributed by atoms with E-state index in [4.69, 9.17) is 14.3 Å². The van der Waals surface area contributed by atoms with Crippen molar-refractivity contribution < 1.29 is 19.1 Å². The maximum absolute atomic E-state index is 10.7. The Hall–Kier alpha value is -1.29. The molecule has 1 aromatic rings. The van der Waals surface area contributed by atoms with Crippen molar-refractivity contribution in [1.29, 1.82) is 0 Å². The van der Waals surface area contributed by atoms with Gasteiger partial charge in [-0.25, -0.2) is 4.79 Å². The highest BCUT2D eigenvalue weighted by atomic mass is 16.5. The van der Waals surface area contributed by atoms with E-state index in [2.05, 4.69) is 6.92 Å². The second-order valence-electron chi connectivity index (χ2n) is 4.95. The van der Waals surface area contributed by atoms with Crippen LogP contribution in [-0.2, 0) is 4.74 Å². The number of carboxylic acids is 1. The average Bonchev–Trinajstić information content (AvgIpc) is 2.84. The van der Waals surface area contributed by atoms with E-state index in [1.807, 2.05) is 13.8 Å². The molecule has 1 N–H and O–H groups in total. The molecule has 1 aromatic heterocycles. The first kappa shape index (κ1) is 15.8. The van der Waals surface area contributed by atoms with Crippen LogP contribution in [0.3, 0.4) is 0 Å². The molecule has 0 saturated heterocycles. The summed E-state index contributed by atoms with van der Waals surface area (Å²) < 4.78 is 11.0. The van der Waals surface area contributed by atoms with Crippen LogP contribution in [-0.4, -0.2) is 17.2 Å². The lowest BCUT2D eigenvalue weighted by Crippen LogP contribution is -2.11. The standard InChI is InChI=1S/C15H24O4/c1-4-5-6-7-8-11(2)18-12(3)13-9-10-14(19-13)15(16)17/h9-12H,4-8H2,1-3H3,(H,16,17). The molecule has 0 aliphatic carbocycles. The van der Waals surface area contributed by atoms with Gasteiger partial charge in [-0.1, -0.05) is 32.6 Å². The minimum Gasteiger partial charge on any atom is -0.475 e. The topological polar surface area (TPSA) is 59.7 Å². The van der Waals surface area contributed by atoms with E-state index in [1.165, 1.54) is 31.7 Å². The highest BCUT2D eigenvalue weighted by Gasteiger charge is 2.16. The van der Waals surface area contributed by atoms with Crippen molar-refractivity contribution >= 4 is 5.97 Å². The minimum atomic E-state index is -1.05. The molecule has 1 rings (SSSR count). The normalized spacial score (nSPS) is 14.3. The summed E-state index contributed by atoms with van der Waals surface area (Å²) in [4.78, 5) is 10.7. The van der Waals surface area contributed by atoms with Crippen LogP contribution in [0.25, 0.3) is 0 Å². The predicted molar refractivity (Wildman–Crippen MR) is 73.4 cm³/mol. The third-order valence-electron chi connectivity index (χ3n) is 3.14. The van der Waals surface area contributed by atoms with E-state index in [0.29, 0.717) is 5.76 Å². The van der Waals surface area contributed by atoms with Gasteiger partial charge in [0.1, 0.15) is 11.9 Å². The van der Waals surface area contributed by atoms with Crippen LogP contribution in [0.5, 0.6) is 0 Å². The molecular formula is C15H24O4. The number of hydrogen-bond donors (Lipinski definition) is 1. The van der Waals surface area contributed by atoms with Crippen LogP contribution in [0.2, 0.25) is 0 Å². The molecule has 4 heteroatoms. The van der Waals surface area contributed by atoms with E-state index in [0.717, 1.165) is 6.42 Å². The quantitative estimate of drug-likeness (QED) is 0.674. The molecule has 1 heterocycles. The molecule has 0 aliphatic rings. The minimum absolute atomic E-state index is 0.0407. The fraction of sp³-hybridized carbons (Fsp3) is 0.667. The molecule has 19 heavy (non-hydrogen) atoms. The number of ether oxygens (including phenoxy) is 1. The monoisotopic (exact) mass is 268 g/mol. The summed E-state index contributed by atoms with van der Waals surface area (Å²) in [6.45, 7) is 6.12. The molecule has 0 aliphatic heterocycles. The average molecular weight is 268 g/mol. The summed E-state index contributed by atoms with van der Waals surface area (Å²) in [6.07, 6.45) is 5.87. The number of unbranched alkanes of at least 4 members (excludes halogenated alkanes) is 3. The van der Waals surface area contributed by atoms with Crippen LogP contribution in [0.15, 0.2) is 16.5 Å². The van der Waals surface area contributed by atoms with Crippen molar-refractivity contribution in [3.63, 3.8) is 0 Å². The van der Waals surface area contributed by atoms with Gasteiger partial charge >= 0.3 is 5.97 Å². The SMILES string of the molecule is CCCCCCC(C)OC(C)c1ccc(C(=O)O)o1. The number of carboxylic acid groups (broad SMARTS) is 1. The van der Waals surface area contributed by atoms with E-state index in [1.54, 1.807) is 6.07 Å². The first-order chi connectivity index (χ1) is 9.04. The van der Waals surface area contributed by atoms with Gasteiger partial charge in [0.15, 0.2) is 0 Å². The number of hydrogen-bond acceptors (Lipinski definition) is 3. The zero-order valence-electron chi connectivity index (χ0n) is 12.0. The Kier molecular flexibility index (Phi) is 6.64. The third-order valence-corrected chi connectivity index (χ3v) is 3.14. The zero-order chi connectivity index (χ0) is 14.3. The predicted octanol–water partition coefficient (Wildman–Crippen LogP) is 4.41. The van der Waals surface area contributed by atoms with Crippen LogP contribution < -0.4 is 0 Å². The van der Waals surface area contributed by atoms with Crippen LogP contribution in [0.1, 0.15) is 75.3 Å². The van der Waals surface area contributed by atoms with Gasteiger partial charge in [0, 0.05) is 0 Å². The lowest BCUT2D eigenvalue weighted by Gasteiger charge is -2.17. The van der Waals surface area contributed by atoms with Gasteiger partial charge in [0.25, 0.3) is 0 Å². The maximum Gasteiger partial charge on any atom is 0.371 e. The molecule has 2 unspecified atom stereocenters. The van der Waals surface area contributed by atoms with Crippen molar-refractivity contribution in [2.75, 3.05) is 0 Å². The largest absolute Gasteiger partial charge is 0.475 e. The van der Waals surface area contributed by atoms with E-state index >= 15 is 0 Å². The van der Waals surface area contributed by atoms with Crippen molar-refractivity contribution in [3.05, 3.63) is 23.7 Å². The number of furan rings is 1. The maximum atomic E-state index is 10.7. The Bertz CT molecular complexity index is 383. The Morgan fingerprint density at radius 2 is 2.05 bits per heavy atom. The summed E-state index contributed by atoms with van der Waals surface area (Å²) in [5.41, 5.74) is 0. The molecule has 2 atom stereocenters. The highest BCUT2D eigenvalue weighted by molar-refractivity contribution is 5.84. The Balaban J connectivity index is 2.36. The van der Waals surface area contributed by atoms with Gasteiger partial charge in [-0.15, -0.1) is 0 Å². The summed E-state index contributed by atoms with van der Waals surface area (Å²) in [6, 6.07) is 3.13. The summed E-state index contributed by atoms with van der Waals surface area (Å²) in [7, 11) is 0. The molecule has 0 radical (unpaired) electrons. The van der Waals surface area contributed by atoms with Gasteiger partial charge in [0.2, 0.25) is 5.76 Å². The molecule has 0 saturated carbocycles. The second-order valence-corrected chi connectivity index (χ2v) is 4.95. The van der Waals surface area contributed by atoms with Gasteiger partial charge in [-0.3, -0.25) is 0 Å². The fourth-order valence-corrected chi connectivity index (χ4v) is 2.03.